The highest BCUT2D eigenvalue weighted by atomic mass is 16.6. The maximum absolute atomic E-state index is 13.9. The number of allylic oxidation sites excluding steroid dienone is 2. The van der Waals surface area contributed by atoms with E-state index >= 15 is 0 Å². The Kier molecular flexibility index (Phi) is 9.41. The first-order valence-electron chi connectivity index (χ1n) is 13.4. The van der Waals surface area contributed by atoms with Gasteiger partial charge in [-0.05, 0) is 56.9 Å². The number of hydrogen-bond donors (Lipinski definition) is 0. The molecule has 8 nitrogen and oxygen atoms in total. The maximum Gasteiger partial charge on any atom is 0.315 e. The van der Waals surface area contributed by atoms with Crippen LogP contribution in [0.15, 0.2) is 58.7 Å². The largest absolute Gasteiger partial charge is 0.494 e. The van der Waals surface area contributed by atoms with Gasteiger partial charge in [0.1, 0.15) is 18.3 Å². The Labute approximate surface area is 230 Å². The van der Waals surface area contributed by atoms with E-state index in [2.05, 4.69) is 0 Å². The van der Waals surface area contributed by atoms with E-state index < -0.39 is 17.8 Å². The summed E-state index contributed by atoms with van der Waals surface area (Å²) in [6.45, 7) is 7.08. The fraction of sp³-hybridized carbons (Fsp3) is 0.452. The van der Waals surface area contributed by atoms with E-state index in [-0.39, 0.29) is 18.3 Å². The number of rotatable bonds is 11. The van der Waals surface area contributed by atoms with Crippen LogP contribution in [-0.4, -0.2) is 58.1 Å². The van der Waals surface area contributed by atoms with Crippen LogP contribution in [0.4, 0.5) is 0 Å². The van der Waals surface area contributed by atoms with E-state index in [4.69, 9.17) is 28.7 Å². The topological polar surface area (TPSA) is 92.7 Å². The highest BCUT2D eigenvalue weighted by Crippen LogP contribution is 2.49. The van der Waals surface area contributed by atoms with Gasteiger partial charge in [-0.2, -0.15) is 0 Å². The predicted octanol–water partition coefficient (Wildman–Crippen LogP) is 5.26. The van der Waals surface area contributed by atoms with Gasteiger partial charge in [0.25, 0.3) is 0 Å². The van der Waals surface area contributed by atoms with Crippen molar-refractivity contribution in [3.05, 3.63) is 64.9 Å². The van der Waals surface area contributed by atoms with Crippen LogP contribution in [0, 0.1) is 5.92 Å². The summed E-state index contributed by atoms with van der Waals surface area (Å²) in [5, 5.41) is 0. The quantitative estimate of drug-likeness (QED) is 0.286. The fourth-order valence-electron chi connectivity index (χ4n) is 5.50. The third-order valence-corrected chi connectivity index (χ3v) is 7.25. The van der Waals surface area contributed by atoms with Gasteiger partial charge in [0.2, 0.25) is 0 Å². The minimum atomic E-state index is -0.742. The summed E-state index contributed by atoms with van der Waals surface area (Å²) in [6.07, 6.45) is 0.857. The average molecular weight is 536 g/mol. The SMILES string of the molecule is CCOCCOC(=O)C1C(C)=NC2=C(C(=O)C[C@H](c3ccc(OC)c(OC)c3)C2)[C@@H]1c1ccccc1OCC. The van der Waals surface area contributed by atoms with Gasteiger partial charge < -0.3 is 23.7 Å². The number of ether oxygens (including phenoxy) is 5. The molecule has 3 atom stereocenters. The van der Waals surface area contributed by atoms with Crippen LogP contribution in [0.1, 0.15) is 56.6 Å². The molecule has 208 valence electrons. The molecule has 2 aromatic carbocycles. The van der Waals surface area contributed by atoms with Crippen LogP contribution in [0.5, 0.6) is 17.2 Å². The number of aliphatic imine (C=N–C) groups is 1. The first kappa shape index (κ1) is 28.4. The molecular weight excluding hydrogens is 498 g/mol. The minimum absolute atomic E-state index is 0.0318. The molecule has 0 aromatic heterocycles. The molecule has 0 fully saturated rings. The van der Waals surface area contributed by atoms with E-state index in [1.54, 1.807) is 14.2 Å². The van der Waals surface area contributed by atoms with Crippen molar-refractivity contribution < 1.29 is 33.3 Å². The van der Waals surface area contributed by atoms with E-state index in [9.17, 15) is 9.59 Å². The minimum Gasteiger partial charge on any atom is -0.494 e. The Balaban J connectivity index is 1.75. The summed E-state index contributed by atoms with van der Waals surface area (Å²) in [5.41, 5.74) is 3.65. The number of para-hydroxylation sites is 1. The molecular formula is C31H37NO7. The van der Waals surface area contributed by atoms with Crippen molar-refractivity contribution in [3.63, 3.8) is 0 Å². The van der Waals surface area contributed by atoms with Gasteiger partial charge >= 0.3 is 5.97 Å². The lowest BCUT2D eigenvalue weighted by Gasteiger charge is -2.37. The molecule has 1 aliphatic heterocycles. The second kappa shape index (κ2) is 12.9. The number of esters is 1. The van der Waals surface area contributed by atoms with Crippen LogP contribution in [-0.2, 0) is 19.1 Å². The number of Topliss-reactive ketones (excluding diaryl/α,β-unsaturated/α-hetero) is 1. The highest BCUT2D eigenvalue weighted by Gasteiger charge is 2.45. The van der Waals surface area contributed by atoms with Crippen LogP contribution in [0.2, 0.25) is 0 Å². The van der Waals surface area contributed by atoms with Gasteiger partial charge in [-0.25, -0.2) is 0 Å². The van der Waals surface area contributed by atoms with Crippen LogP contribution >= 0.6 is 0 Å². The van der Waals surface area contributed by atoms with Crippen molar-refractivity contribution in [1.82, 2.24) is 0 Å². The lowest BCUT2D eigenvalue weighted by atomic mass is 9.69. The van der Waals surface area contributed by atoms with Crippen molar-refractivity contribution in [1.29, 1.82) is 0 Å². The summed E-state index contributed by atoms with van der Waals surface area (Å²) in [4.78, 5) is 32.2. The lowest BCUT2D eigenvalue weighted by Crippen LogP contribution is -2.38. The second-order valence-corrected chi connectivity index (χ2v) is 9.55. The monoisotopic (exact) mass is 535 g/mol. The summed E-state index contributed by atoms with van der Waals surface area (Å²) < 4.78 is 27.8. The van der Waals surface area contributed by atoms with Crippen LogP contribution in [0.25, 0.3) is 0 Å². The van der Waals surface area contributed by atoms with Gasteiger partial charge in [0, 0.05) is 41.5 Å². The molecule has 39 heavy (non-hydrogen) atoms. The second-order valence-electron chi connectivity index (χ2n) is 9.55. The molecule has 1 heterocycles. The molecule has 1 unspecified atom stereocenters. The zero-order chi connectivity index (χ0) is 27.9. The normalized spacial score (nSPS) is 20.7. The Morgan fingerprint density at radius 1 is 0.949 bits per heavy atom. The van der Waals surface area contributed by atoms with E-state index in [1.807, 2.05) is 63.2 Å². The number of benzene rings is 2. The van der Waals surface area contributed by atoms with E-state index in [0.29, 0.717) is 66.9 Å². The highest BCUT2D eigenvalue weighted by molar-refractivity contribution is 6.09. The number of carbonyl (C=O) groups excluding carboxylic acids is 2. The van der Waals surface area contributed by atoms with Gasteiger partial charge in [-0.3, -0.25) is 14.6 Å². The van der Waals surface area contributed by atoms with Gasteiger partial charge in [-0.1, -0.05) is 24.3 Å². The summed E-state index contributed by atoms with van der Waals surface area (Å²) in [5.74, 6) is 0.0622. The third-order valence-electron chi connectivity index (χ3n) is 7.25. The van der Waals surface area contributed by atoms with E-state index in [1.165, 1.54) is 0 Å². The zero-order valence-electron chi connectivity index (χ0n) is 23.3. The number of ketones is 1. The Morgan fingerprint density at radius 3 is 2.44 bits per heavy atom. The molecule has 2 aliphatic rings. The summed E-state index contributed by atoms with van der Waals surface area (Å²) in [6, 6.07) is 13.3. The molecule has 1 aliphatic carbocycles. The molecule has 0 saturated carbocycles. The van der Waals surface area contributed by atoms with Gasteiger partial charge in [0.05, 0.1) is 27.4 Å². The molecule has 4 rings (SSSR count). The standard InChI is InChI=1S/C31H37NO7/c1-6-37-14-15-39-31(34)28-19(3)32-23-16-21(20-12-13-26(35-4)27(18-20)36-5)17-24(33)30(23)29(28)22-10-8-9-11-25(22)38-7-2/h8-13,18,21,28-29H,6-7,14-17H2,1-5H3/t21-,28?,29-/m1/s1. The van der Waals surface area contributed by atoms with Gasteiger partial charge in [0.15, 0.2) is 17.3 Å². The molecule has 0 saturated heterocycles. The molecule has 0 bridgehead atoms. The lowest BCUT2D eigenvalue weighted by molar-refractivity contribution is -0.148. The Hall–Kier alpha value is -3.65. The van der Waals surface area contributed by atoms with Crippen molar-refractivity contribution in [2.75, 3.05) is 40.6 Å². The smallest absolute Gasteiger partial charge is 0.315 e. The average Bonchev–Trinajstić information content (AvgIpc) is 2.94. The Morgan fingerprint density at radius 2 is 1.72 bits per heavy atom. The maximum atomic E-state index is 13.9. The fourth-order valence-corrected chi connectivity index (χ4v) is 5.50. The number of carbonyl (C=O) groups is 2. The van der Waals surface area contributed by atoms with Crippen molar-refractivity contribution >= 4 is 17.5 Å². The number of methoxy groups -OCH3 is 2. The predicted molar refractivity (Wildman–Crippen MR) is 148 cm³/mol. The molecule has 0 radical (unpaired) electrons. The first-order chi connectivity index (χ1) is 18.9. The summed E-state index contributed by atoms with van der Waals surface area (Å²) in [7, 11) is 3.19. The Bertz CT molecular complexity index is 1270. The molecule has 2 aromatic rings. The van der Waals surface area contributed by atoms with Crippen molar-refractivity contribution in [2.45, 2.75) is 45.4 Å². The van der Waals surface area contributed by atoms with Crippen molar-refractivity contribution in [3.8, 4) is 17.2 Å². The first-order valence-corrected chi connectivity index (χ1v) is 13.4. The number of hydrogen-bond acceptors (Lipinski definition) is 8. The van der Waals surface area contributed by atoms with Crippen molar-refractivity contribution in [2.24, 2.45) is 10.9 Å². The molecule has 0 amide bonds. The summed E-state index contributed by atoms with van der Waals surface area (Å²) >= 11 is 0. The third kappa shape index (κ3) is 6.01. The van der Waals surface area contributed by atoms with E-state index in [0.717, 1.165) is 11.1 Å². The zero-order valence-corrected chi connectivity index (χ0v) is 23.3. The molecule has 8 heteroatoms. The van der Waals surface area contributed by atoms with Gasteiger partial charge in [-0.15, -0.1) is 0 Å². The van der Waals surface area contributed by atoms with Crippen LogP contribution in [0.3, 0.4) is 0 Å². The molecule has 0 spiro atoms. The van der Waals surface area contributed by atoms with Crippen LogP contribution < -0.4 is 14.2 Å². The molecule has 0 N–H and O–H groups in total. The number of nitrogens with zero attached hydrogens (tertiary/aromatic N) is 1.